The first-order chi connectivity index (χ1) is 4.00. The molecule has 0 aromatic rings. The number of hydrogen-bond acceptors (Lipinski definition) is 11. The average molecular weight is 520 g/mol. The summed E-state index contributed by atoms with van der Waals surface area (Å²) in [5.41, 5.74) is 0. The van der Waals surface area contributed by atoms with Gasteiger partial charge in [0.15, 0.2) is 0 Å². The standard InChI is InChI=1S/2AsH3O4.3Cu.3H3N/c2*2-1(3,4)5;;;;;;/h2*(H3,2,3,4,5);;;;3*1H3/q;;3*+2;;;/p-6. The second-order valence-electron chi connectivity index (χ2n) is 0.894. The molecule has 0 fully saturated rings. The third-order valence-corrected chi connectivity index (χ3v) is 0. The molecular weight excluding hydrogens is 510 g/mol. The molecule has 16 heteroatoms. The van der Waals surface area contributed by atoms with Crippen molar-refractivity contribution in [3.63, 3.8) is 0 Å². The van der Waals surface area contributed by atoms with E-state index in [1.54, 1.807) is 0 Å². The summed E-state index contributed by atoms with van der Waals surface area (Å²) in [5.74, 6) is 0. The fourth-order valence-electron chi connectivity index (χ4n) is 0. The van der Waals surface area contributed by atoms with E-state index in [0.717, 1.165) is 0 Å². The van der Waals surface area contributed by atoms with Crippen LogP contribution in [0, 0.1) is 0 Å². The molecular formula is H9As2Cu3N3O8. The van der Waals surface area contributed by atoms with Crippen molar-refractivity contribution < 1.29 is 83.3 Å². The zero-order valence-corrected chi connectivity index (χ0v) is 13.8. The van der Waals surface area contributed by atoms with E-state index in [0.29, 0.717) is 0 Å². The topological polar surface area (TPSA) is 278 Å². The first kappa shape index (κ1) is 52.1. The summed E-state index contributed by atoms with van der Waals surface area (Å²) in [6.07, 6.45) is 0. The minimum Gasteiger partial charge on any atom is 2.00 e. The first-order valence-corrected chi connectivity index (χ1v) is 7.59. The summed E-state index contributed by atoms with van der Waals surface area (Å²) < 4.78 is 68.9. The van der Waals surface area contributed by atoms with Crippen LogP contribution in [0.4, 0.5) is 0 Å². The molecule has 0 aliphatic heterocycles. The van der Waals surface area contributed by atoms with E-state index in [4.69, 9.17) is 32.1 Å². The van der Waals surface area contributed by atoms with E-state index in [9.17, 15) is 0 Å². The predicted molar refractivity (Wildman–Crippen MR) is 27.9 cm³/mol. The molecule has 0 atom stereocenters. The van der Waals surface area contributed by atoms with Crippen LogP contribution >= 0.6 is 0 Å². The third-order valence-electron chi connectivity index (χ3n) is 0. The molecule has 9 N–H and O–H groups in total. The van der Waals surface area contributed by atoms with Gasteiger partial charge in [-0.15, -0.1) is 0 Å². The molecule has 0 amide bonds. The number of hydrogen-bond donors (Lipinski definition) is 3. The molecule has 115 valence electrons. The van der Waals surface area contributed by atoms with Crippen molar-refractivity contribution in [2.24, 2.45) is 0 Å². The van der Waals surface area contributed by atoms with Gasteiger partial charge in [-0.2, -0.15) is 0 Å². The van der Waals surface area contributed by atoms with Gasteiger partial charge < -0.3 is 18.5 Å². The SMILES string of the molecule is N.N.N.O=[As]([O-])([O-])[O-].O=[As]([O-])([O-])[O-].[Cu+2].[Cu+2].[Cu+2]. The molecule has 0 saturated heterocycles. The predicted octanol–water partition coefficient (Wildman–Crippen LogP) is -7.65. The van der Waals surface area contributed by atoms with Crippen LogP contribution in [0.2, 0.25) is 0 Å². The van der Waals surface area contributed by atoms with Gasteiger partial charge in [0.2, 0.25) is 0 Å². The summed E-state index contributed by atoms with van der Waals surface area (Å²) in [6, 6.07) is 0. The van der Waals surface area contributed by atoms with Crippen LogP contribution in [-0.2, 0) is 58.7 Å². The van der Waals surface area contributed by atoms with Gasteiger partial charge in [0.1, 0.15) is 0 Å². The minimum absolute atomic E-state index is 0. The van der Waals surface area contributed by atoms with Crippen LogP contribution in [-0.4, -0.2) is 29.0 Å². The quantitative estimate of drug-likeness (QED) is 0.253. The van der Waals surface area contributed by atoms with Crippen molar-refractivity contribution in [3.8, 4) is 0 Å². The normalized spacial score (nSPS) is 7.38. The number of rotatable bonds is 0. The van der Waals surface area contributed by atoms with Gasteiger partial charge in [0.05, 0.1) is 0 Å². The Morgan fingerprint density at radius 2 is 0.500 bits per heavy atom. The van der Waals surface area contributed by atoms with E-state index < -0.39 is 29.0 Å². The zero-order valence-electron chi connectivity index (χ0n) is 7.19. The maximum Gasteiger partial charge on any atom is 2.00 e. The average Bonchev–Trinajstić information content (AvgIpc) is 1.12. The molecule has 0 aromatic carbocycles. The Kier molecular flexibility index (Phi) is 72.1. The molecule has 3 radical (unpaired) electrons. The second kappa shape index (κ2) is 22.1. The summed E-state index contributed by atoms with van der Waals surface area (Å²) in [5, 5.41) is 0. The van der Waals surface area contributed by atoms with Gasteiger partial charge >= 0.3 is 112 Å². The molecule has 0 unspecified atom stereocenters. The van der Waals surface area contributed by atoms with Crippen LogP contribution in [0.25, 0.3) is 0 Å². The van der Waals surface area contributed by atoms with Crippen molar-refractivity contribution in [3.05, 3.63) is 0 Å². The molecule has 0 rings (SSSR count). The summed E-state index contributed by atoms with van der Waals surface area (Å²) in [6.45, 7) is 0. The molecule has 0 aliphatic carbocycles. The van der Waals surface area contributed by atoms with E-state index in [1.165, 1.54) is 0 Å². The van der Waals surface area contributed by atoms with Crippen molar-refractivity contribution in [1.82, 2.24) is 18.5 Å². The molecule has 0 aromatic heterocycles. The summed E-state index contributed by atoms with van der Waals surface area (Å²) in [4.78, 5) is 0. The Hall–Kier alpha value is 1.92. The van der Waals surface area contributed by atoms with Gasteiger partial charge in [0, 0.05) is 0 Å². The van der Waals surface area contributed by atoms with Gasteiger partial charge in [0.25, 0.3) is 0 Å². The van der Waals surface area contributed by atoms with Crippen LogP contribution in [0.15, 0.2) is 0 Å². The van der Waals surface area contributed by atoms with Crippen molar-refractivity contribution in [2.75, 3.05) is 0 Å². The molecule has 0 heterocycles. The molecule has 0 bridgehead atoms. The molecule has 16 heavy (non-hydrogen) atoms. The maximum atomic E-state index is 8.61. The molecule has 0 spiro atoms. The van der Waals surface area contributed by atoms with Gasteiger partial charge in [-0.05, 0) is 0 Å². The van der Waals surface area contributed by atoms with E-state index in [1.807, 2.05) is 0 Å². The first-order valence-electron chi connectivity index (χ1n) is 1.46. The minimum atomic E-state index is -5.88. The van der Waals surface area contributed by atoms with Crippen molar-refractivity contribution in [2.45, 2.75) is 0 Å². The Morgan fingerprint density at radius 1 is 0.500 bits per heavy atom. The zero-order chi connectivity index (χ0) is 9.00. The maximum absolute atomic E-state index is 8.61. The fraction of sp³-hybridized carbons (Fsp3) is 0. The summed E-state index contributed by atoms with van der Waals surface area (Å²) in [7, 11) is 0. The van der Waals surface area contributed by atoms with Crippen LogP contribution < -0.4 is 43.0 Å². The molecule has 0 aliphatic rings. The van der Waals surface area contributed by atoms with E-state index in [2.05, 4.69) is 0 Å². The Bertz CT molecular complexity index is 141. The van der Waals surface area contributed by atoms with Crippen molar-refractivity contribution >= 4 is 29.0 Å². The van der Waals surface area contributed by atoms with Crippen LogP contribution in [0.3, 0.4) is 0 Å². The third kappa shape index (κ3) is 965. The largest absolute Gasteiger partial charge is 2.00 e. The Morgan fingerprint density at radius 3 is 0.500 bits per heavy atom. The van der Waals surface area contributed by atoms with Crippen molar-refractivity contribution in [1.29, 1.82) is 0 Å². The van der Waals surface area contributed by atoms with E-state index in [-0.39, 0.29) is 69.7 Å². The monoisotopic (exact) mass is 518 g/mol. The molecule has 11 nitrogen and oxygen atoms in total. The summed E-state index contributed by atoms with van der Waals surface area (Å²) >= 11 is -11.8. The van der Waals surface area contributed by atoms with Gasteiger partial charge in [-0.25, -0.2) is 0 Å². The van der Waals surface area contributed by atoms with Gasteiger partial charge in [-0.1, -0.05) is 0 Å². The smallest absolute Gasteiger partial charge is 2.00 e. The van der Waals surface area contributed by atoms with Crippen LogP contribution in [0.1, 0.15) is 0 Å². The second-order valence-corrected chi connectivity index (χ2v) is 4.65. The Balaban J connectivity index is -0.00000000970. The Labute approximate surface area is 130 Å². The fourth-order valence-corrected chi connectivity index (χ4v) is 0. The van der Waals surface area contributed by atoms with Crippen LogP contribution in [0.5, 0.6) is 0 Å². The van der Waals surface area contributed by atoms with Gasteiger partial charge in [-0.3, -0.25) is 0 Å². The molecule has 0 saturated carbocycles. The van der Waals surface area contributed by atoms with E-state index >= 15 is 0 Å².